The second-order valence-electron chi connectivity index (χ2n) is 5.30. The number of hydrogen-bond donors (Lipinski definition) is 2. The molecule has 0 aliphatic heterocycles. The zero-order valence-corrected chi connectivity index (χ0v) is 14.4. The predicted molar refractivity (Wildman–Crippen MR) is 95.0 cm³/mol. The maximum absolute atomic E-state index is 12.2. The molecule has 0 fully saturated rings. The van der Waals surface area contributed by atoms with Crippen molar-refractivity contribution in [2.24, 2.45) is 5.73 Å². The highest BCUT2D eigenvalue weighted by Gasteiger charge is 2.22. The summed E-state index contributed by atoms with van der Waals surface area (Å²) in [5.41, 5.74) is 7.80. The average Bonchev–Trinajstić information content (AvgIpc) is 2.99. The van der Waals surface area contributed by atoms with Gasteiger partial charge in [0.25, 0.3) is 0 Å². The van der Waals surface area contributed by atoms with Gasteiger partial charge in [-0.3, -0.25) is 0 Å². The van der Waals surface area contributed by atoms with Gasteiger partial charge in [0.2, 0.25) is 5.88 Å². The summed E-state index contributed by atoms with van der Waals surface area (Å²) in [4.78, 5) is 21.5. The molecule has 1 atom stereocenters. The lowest BCUT2D eigenvalue weighted by atomic mass is 10.1. The molecule has 0 aliphatic carbocycles. The lowest BCUT2D eigenvalue weighted by Crippen LogP contribution is -2.25. The summed E-state index contributed by atoms with van der Waals surface area (Å²) in [5.74, 6) is 0.0487. The van der Waals surface area contributed by atoms with Gasteiger partial charge in [0.1, 0.15) is 4.88 Å². The van der Waals surface area contributed by atoms with Gasteiger partial charge in [0, 0.05) is 22.7 Å². The van der Waals surface area contributed by atoms with Crippen molar-refractivity contribution in [3.63, 3.8) is 0 Å². The van der Waals surface area contributed by atoms with Gasteiger partial charge in [0.05, 0.1) is 37.1 Å². The molecule has 0 amide bonds. The van der Waals surface area contributed by atoms with Crippen LogP contribution < -0.4 is 15.8 Å². The lowest BCUT2D eigenvalue weighted by molar-refractivity contribution is 0.0607. The highest BCUT2D eigenvalue weighted by molar-refractivity contribution is 7.21. The number of anilines is 1. The van der Waals surface area contributed by atoms with Crippen LogP contribution in [-0.4, -0.2) is 42.7 Å². The summed E-state index contributed by atoms with van der Waals surface area (Å²) in [6.07, 6.45) is 1.56. The first kappa shape index (κ1) is 16.4. The fraction of sp³-hybridized carbons (Fsp3) is 0.312. The normalized spacial score (nSPS) is 12.3. The Hall–Kier alpha value is -2.45. The second-order valence-corrected chi connectivity index (χ2v) is 6.35. The molecule has 2 aromatic heterocycles. The quantitative estimate of drug-likeness (QED) is 0.684. The molecule has 3 rings (SSSR count). The largest absolute Gasteiger partial charge is 0.480 e. The van der Waals surface area contributed by atoms with Crippen LogP contribution in [0.25, 0.3) is 21.1 Å². The average molecular weight is 346 g/mol. The number of methoxy groups -OCH3 is 2. The minimum atomic E-state index is -0.391. The molecule has 3 aromatic rings. The highest BCUT2D eigenvalue weighted by Crippen LogP contribution is 2.40. The minimum Gasteiger partial charge on any atom is -0.480 e. The number of nitrogens with one attached hydrogen (secondary N) is 1. The van der Waals surface area contributed by atoms with Gasteiger partial charge >= 0.3 is 5.97 Å². The van der Waals surface area contributed by atoms with Crippen LogP contribution in [0.2, 0.25) is 0 Å². The number of rotatable bonds is 5. The Bertz CT molecular complexity index is 909. The maximum Gasteiger partial charge on any atom is 0.350 e. The van der Waals surface area contributed by atoms with Gasteiger partial charge in [-0.15, -0.1) is 11.3 Å². The van der Waals surface area contributed by atoms with Gasteiger partial charge < -0.3 is 20.5 Å². The van der Waals surface area contributed by atoms with Gasteiger partial charge in [-0.05, 0) is 19.1 Å². The zero-order chi connectivity index (χ0) is 17.3. The standard InChI is InChI=1S/C16H18N4O3S/c1-8(6-17)19-14-12-10(24-15(14)16(21)23-3)5-4-9-13(12)18-7-11(20-9)22-2/h4-5,7-8,19H,6,17H2,1-3H3. The van der Waals surface area contributed by atoms with Crippen molar-refractivity contribution in [3.05, 3.63) is 23.2 Å². The highest BCUT2D eigenvalue weighted by atomic mass is 32.1. The van der Waals surface area contributed by atoms with E-state index in [1.165, 1.54) is 18.4 Å². The van der Waals surface area contributed by atoms with E-state index in [1.54, 1.807) is 13.3 Å². The molecule has 8 heteroatoms. The molecule has 126 valence electrons. The van der Waals surface area contributed by atoms with E-state index < -0.39 is 5.97 Å². The van der Waals surface area contributed by atoms with Crippen LogP contribution in [-0.2, 0) is 4.74 Å². The van der Waals surface area contributed by atoms with Crippen LogP contribution >= 0.6 is 11.3 Å². The topological polar surface area (TPSA) is 99.4 Å². The number of nitrogens with zero attached hydrogens (tertiary/aromatic N) is 2. The number of hydrogen-bond acceptors (Lipinski definition) is 8. The molecule has 0 radical (unpaired) electrons. The van der Waals surface area contributed by atoms with E-state index in [1.807, 2.05) is 19.1 Å². The molecule has 0 saturated heterocycles. The molecular formula is C16H18N4O3S. The van der Waals surface area contributed by atoms with Crippen LogP contribution in [0.15, 0.2) is 18.3 Å². The van der Waals surface area contributed by atoms with Crippen LogP contribution in [0.1, 0.15) is 16.6 Å². The predicted octanol–water partition coefficient (Wildman–Crippen LogP) is 2.40. The first-order valence-corrected chi connectivity index (χ1v) is 8.21. The van der Waals surface area contributed by atoms with Crippen LogP contribution in [0.3, 0.4) is 0 Å². The molecule has 2 heterocycles. The van der Waals surface area contributed by atoms with E-state index in [-0.39, 0.29) is 6.04 Å². The molecule has 1 aromatic carbocycles. The van der Waals surface area contributed by atoms with Crippen molar-refractivity contribution in [1.82, 2.24) is 9.97 Å². The van der Waals surface area contributed by atoms with Gasteiger partial charge in [0.15, 0.2) is 0 Å². The molecule has 0 saturated carbocycles. The third-order valence-corrected chi connectivity index (χ3v) is 4.80. The van der Waals surface area contributed by atoms with E-state index in [0.717, 1.165) is 10.1 Å². The number of nitrogens with two attached hydrogens (primary N) is 1. The number of fused-ring (bicyclic) bond motifs is 3. The fourth-order valence-electron chi connectivity index (χ4n) is 2.43. The Morgan fingerprint density at radius 3 is 2.88 bits per heavy atom. The van der Waals surface area contributed by atoms with Gasteiger partial charge in [-0.2, -0.15) is 0 Å². The lowest BCUT2D eigenvalue weighted by Gasteiger charge is -2.14. The van der Waals surface area contributed by atoms with E-state index in [4.69, 9.17) is 15.2 Å². The molecule has 24 heavy (non-hydrogen) atoms. The van der Waals surface area contributed by atoms with Crippen molar-refractivity contribution in [1.29, 1.82) is 0 Å². The first-order valence-electron chi connectivity index (χ1n) is 7.40. The Kier molecular flexibility index (Phi) is 4.50. The van der Waals surface area contributed by atoms with Crippen molar-refractivity contribution in [2.45, 2.75) is 13.0 Å². The Morgan fingerprint density at radius 1 is 1.42 bits per heavy atom. The second kappa shape index (κ2) is 6.58. The van der Waals surface area contributed by atoms with Crippen molar-refractivity contribution >= 4 is 44.1 Å². The maximum atomic E-state index is 12.2. The van der Waals surface area contributed by atoms with E-state index in [0.29, 0.717) is 34.0 Å². The van der Waals surface area contributed by atoms with E-state index in [2.05, 4.69) is 15.3 Å². The molecule has 1 unspecified atom stereocenters. The molecule has 0 spiro atoms. The van der Waals surface area contributed by atoms with Crippen LogP contribution in [0, 0.1) is 0 Å². The summed E-state index contributed by atoms with van der Waals surface area (Å²) < 4.78 is 11.0. The summed E-state index contributed by atoms with van der Waals surface area (Å²) >= 11 is 1.36. The van der Waals surface area contributed by atoms with E-state index in [9.17, 15) is 4.79 Å². The number of carbonyl (C=O) groups excluding carboxylic acids is 1. The van der Waals surface area contributed by atoms with E-state index >= 15 is 0 Å². The molecule has 0 bridgehead atoms. The third-order valence-electron chi connectivity index (χ3n) is 3.67. The Labute approximate surface area is 142 Å². The monoisotopic (exact) mass is 346 g/mol. The minimum absolute atomic E-state index is 0.00679. The molecule has 0 aliphatic rings. The third kappa shape index (κ3) is 2.74. The fourth-order valence-corrected chi connectivity index (χ4v) is 3.52. The van der Waals surface area contributed by atoms with Crippen LogP contribution in [0.4, 0.5) is 5.69 Å². The number of aromatic nitrogens is 2. The van der Waals surface area contributed by atoms with Crippen molar-refractivity contribution in [2.75, 3.05) is 26.1 Å². The Morgan fingerprint density at radius 2 is 2.21 bits per heavy atom. The smallest absolute Gasteiger partial charge is 0.350 e. The number of carbonyl (C=O) groups is 1. The van der Waals surface area contributed by atoms with Crippen LogP contribution in [0.5, 0.6) is 5.88 Å². The van der Waals surface area contributed by atoms with Gasteiger partial charge in [-0.25, -0.2) is 14.8 Å². The first-order chi connectivity index (χ1) is 11.6. The zero-order valence-electron chi connectivity index (χ0n) is 13.6. The van der Waals surface area contributed by atoms with Gasteiger partial charge in [-0.1, -0.05) is 0 Å². The Balaban J connectivity index is 2.31. The molecule has 7 nitrogen and oxygen atoms in total. The van der Waals surface area contributed by atoms with Crippen molar-refractivity contribution < 1.29 is 14.3 Å². The number of benzene rings is 1. The number of thiophene rings is 1. The summed E-state index contributed by atoms with van der Waals surface area (Å²) in [6, 6.07) is 3.77. The summed E-state index contributed by atoms with van der Waals surface area (Å²) in [5, 5.41) is 4.15. The molecule has 3 N–H and O–H groups in total. The summed E-state index contributed by atoms with van der Waals surface area (Å²) in [6.45, 7) is 2.38. The summed E-state index contributed by atoms with van der Waals surface area (Å²) in [7, 11) is 2.91. The number of esters is 1. The molecular weight excluding hydrogens is 328 g/mol. The van der Waals surface area contributed by atoms with Crippen molar-refractivity contribution in [3.8, 4) is 5.88 Å². The SMILES string of the molecule is COC(=O)c1sc2ccc3nc(OC)cnc3c2c1NC(C)CN. The number of ether oxygens (including phenoxy) is 2.